The van der Waals surface area contributed by atoms with Gasteiger partial charge >= 0.3 is 6.09 Å². The Bertz CT molecular complexity index is 1140. The molecule has 0 aliphatic carbocycles. The lowest BCUT2D eigenvalue weighted by atomic mass is 10.1. The van der Waals surface area contributed by atoms with Gasteiger partial charge in [0.15, 0.2) is 0 Å². The molecule has 1 amide bonds. The number of nitrogens with one attached hydrogen (secondary N) is 2. The van der Waals surface area contributed by atoms with Gasteiger partial charge in [0.05, 0.1) is 4.21 Å². The molecule has 15 heteroatoms. The summed E-state index contributed by atoms with van der Waals surface area (Å²) < 4.78 is 41.5. The van der Waals surface area contributed by atoms with Crippen LogP contribution in [0.2, 0.25) is 0 Å². The number of hydrogen-bond acceptors (Lipinski definition) is 11. The van der Waals surface area contributed by atoms with Crippen molar-refractivity contribution in [3.8, 4) is 0 Å². The molecule has 1 aromatic heterocycles. The molecule has 2 heterocycles. The summed E-state index contributed by atoms with van der Waals surface area (Å²) in [5.74, 6) is 0. The van der Waals surface area contributed by atoms with Crippen molar-refractivity contribution in [1.82, 2.24) is 14.3 Å². The first kappa shape index (κ1) is 28.1. The van der Waals surface area contributed by atoms with Gasteiger partial charge in [0.2, 0.25) is 0 Å². The third-order valence-corrected chi connectivity index (χ3v) is 9.63. The fraction of sp³-hybridized carbons (Fsp3) is 0.476. The van der Waals surface area contributed by atoms with E-state index in [1.54, 1.807) is 37.4 Å². The summed E-state index contributed by atoms with van der Waals surface area (Å²) in [5, 5.41) is 12.7. The van der Waals surface area contributed by atoms with E-state index in [1.807, 2.05) is 6.92 Å². The Morgan fingerprint density at radius 1 is 1.28 bits per heavy atom. The fourth-order valence-corrected chi connectivity index (χ4v) is 7.80. The number of thiophene rings is 1. The number of nitrogens with zero attached hydrogens (tertiary/aromatic N) is 2. The molecule has 0 radical (unpaired) electrons. The molecule has 1 aliphatic rings. The molecule has 2 aromatic rings. The van der Waals surface area contributed by atoms with Crippen LogP contribution < -0.4 is 10.0 Å². The first-order chi connectivity index (χ1) is 17.2. The molecule has 1 atom stereocenters. The molecule has 1 aliphatic heterocycles. The predicted molar refractivity (Wildman–Crippen MR) is 133 cm³/mol. The Morgan fingerprint density at radius 2 is 1.97 bits per heavy atom. The van der Waals surface area contributed by atoms with E-state index in [0.717, 1.165) is 23.3 Å². The molecular weight excluding hydrogens is 532 g/mol. The van der Waals surface area contributed by atoms with Gasteiger partial charge in [0.25, 0.3) is 15.1 Å². The van der Waals surface area contributed by atoms with E-state index in [1.165, 1.54) is 4.31 Å². The van der Waals surface area contributed by atoms with Crippen LogP contribution in [0.5, 0.6) is 0 Å². The predicted octanol–water partition coefficient (Wildman–Crippen LogP) is 3.08. The topological polar surface area (TPSA) is 149 Å². The van der Waals surface area contributed by atoms with Gasteiger partial charge in [-0.1, -0.05) is 31.2 Å². The van der Waals surface area contributed by atoms with Crippen molar-refractivity contribution < 1.29 is 32.6 Å². The summed E-state index contributed by atoms with van der Waals surface area (Å²) in [7, 11) is -2.06. The smallest absolute Gasteiger partial charge is 0.417 e. The molecule has 12 nitrogen and oxygen atoms in total. The van der Waals surface area contributed by atoms with E-state index < -0.39 is 21.2 Å². The molecule has 3 rings (SSSR count). The summed E-state index contributed by atoms with van der Waals surface area (Å²) in [5.41, 5.74) is 2.00. The third-order valence-electron chi connectivity index (χ3n) is 5.21. The molecular formula is C21H28N4O8S3. The van der Waals surface area contributed by atoms with Crippen molar-refractivity contribution in [2.45, 2.75) is 41.0 Å². The molecule has 1 aromatic carbocycles. The second-order valence-electron chi connectivity index (χ2n) is 7.72. The average molecular weight is 561 g/mol. The summed E-state index contributed by atoms with van der Waals surface area (Å²) in [6.45, 7) is 3.66. The summed E-state index contributed by atoms with van der Waals surface area (Å²) in [6.07, 6.45) is -0.0842. The zero-order chi connectivity index (χ0) is 26.1. The van der Waals surface area contributed by atoms with E-state index in [2.05, 4.69) is 14.9 Å². The summed E-state index contributed by atoms with van der Waals surface area (Å²) >= 11 is 2.11. The van der Waals surface area contributed by atoms with Gasteiger partial charge in [0, 0.05) is 50.4 Å². The number of amides is 1. The summed E-state index contributed by atoms with van der Waals surface area (Å²) in [4.78, 5) is 26.7. The highest BCUT2D eigenvalue weighted by atomic mass is 32.3. The van der Waals surface area contributed by atoms with Gasteiger partial charge in [-0.15, -0.1) is 21.5 Å². The Morgan fingerprint density at radius 3 is 2.61 bits per heavy atom. The molecule has 0 saturated carbocycles. The largest absolute Gasteiger partial charge is 0.444 e. The Balaban J connectivity index is 1.57. The van der Waals surface area contributed by atoms with Crippen LogP contribution in [0.3, 0.4) is 0 Å². The van der Waals surface area contributed by atoms with Gasteiger partial charge in [-0.05, 0) is 30.2 Å². The van der Waals surface area contributed by atoms with Crippen molar-refractivity contribution in [1.29, 1.82) is 0 Å². The molecule has 0 bridgehead atoms. The number of rotatable bonds is 13. The van der Waals surface area contributed by atoms with Gasteiger partial charge in [-0.2, -0.15) is 4.31 Å². The minimum Gasteiger partial charge on any atom is -0.444 e. The van der Waals surface area contributed by atoms with Crippen LogP contribution in [0.15, 0.2) is 38.8 Å². The summed E-state index contributed by atoms with van der Waals surface area (Å²) in [6, 6.07) is 8.28. The molecule has 36 heavy (non-hydrogen) atoms. The molecule has 0 spiro atoms. The molecule has 2 N–H and O–H groups in total. The minimum atomic E-state index is -3.64. The average Bonchev–Trinajstić information content (AvgIpc) is 3.29. The van der Waals surface area contributed by atoms with Crippen LogP contribution in [-0.4, -0.2) is 57.3 Å². The number of benzene rings is 1. The van der Waals surface area contributed by atoms with Gasteiger partial charge in [-0.3, -0.25) is 4.72 Å². The lowest BCUT2D eigenvalue weighted by Gasteiger charge is -2.32. The maximum Gasteiger partial charge on any atom is 0.417 e. The van der Waals surface area contributed by atoms with Gasteiger partial charge < -0.3 is 19.6 Å². The third kappa shape index (κ3) is 7.54. The van der Waals surface area contributed by atoms with Crippen molar-refractivity contribution in [2.24, 2.45) is 0 Å². The van der Waals surface area contributed by atoms with Crippen molar-refractivity contribution in [3.63, 3.8) is 0 Å². The van der Waals surface area contributed by atoms with Gasteiger partial charge in [0.1, 0.15) is 17.4 Å². The van der Waals surface area contributed by atoms with E-state index >= 15 is 0 Å². The Hall–Kier alpha value is -2.43. The molecule has 0 fully saturated rings. The first-order valence-electron chi connectivity index (χ1n) is 11.1. The highest BCUT2D eigenvalue weighted by Crippen LogP contribution is 2.41. The monoisotopic (exact) mass is 560 g/mol. The lowest BCUT2D eigenvalue weighted by Crippen LogP contribution is -2.43. The van der Waals surface area contributed by atoms with E-state index in [0.29, 0.717) is 53.6 Å². The van der Waals surface area contributed by atoms with Crippen molar-refractivity contribution >= 4 is 39.4 Å². The number of fused-ring (bicyclic) bond motifs is 1. The van der Waals surface area contributed by atoms with Crippen LogP contribution >= 0.6 is 23.3 Å². The zero-order valence-corrected chi connectivity index (χ0v) is 22.2. The quantitative estimate of drug-likeness (QED) is 0.162. The lowest BCUT2D eigenvalue weighted by molar-refractivity contribution is -0.763. The number of likely N-dealkylation sites (N-methyl/N-ethyl adjacent to an activating group) is 1. The Kier molecular flexibility index (Phi) is 10.3. The highest BCUT2D eigenvalue weighted by molar-refractivity contribution is 8.00. The minimum absolute atomic E-state index is 0.00296. The van der Waals surface area contributed by atoms with Crippen LogP contribution in [0.25, 0.3) is 0 Å². The SMILES string of the molecule is CCNC1CN(CCCOC)S(=O)(=O)c2sc(SNC(=O)OCc3ccc(CO[N+](=O)[O-])cc3)cc21. The number of carbonyl (C=O) groups is 1. The second kappa shape index (κ2) is 13.2. The van der Waals surface area contributed by atoms with Crippen LogP contribution in [0.1, 0.15) is 36.1 Å². The maximum absolute atomic E-state index is 13.2. The van der Waals surface area contributed by atoms with E-state index in [-0.39, 0.29) is 23.5 Å². The van der Waals surface area contributed by atoms with E-state index in [4.69, 9.17) is 9.47 Å². The van der Waals surface area contributed by atoms with Crippen molar-refractivity contribution in [3.05, 3.63) is 57.1 Å². The van der Waals surface area contributed by atoms with Gasteiger partial charge in [-0.25, -0.2) is 13.2 Å². The molecule has 198 valence electrons. The molecule has 0 saturated heterocycles. The Labute approximate surface area is 217 Å². The first-order valence-corrected chi connectivity index (χ1v) is 14.1. The number of methoxy groups -OCH3 is 1. The van der Waals surface area contributed by atoms with Crippen LogP contribution in [0.4, 0.5) is 4.79 Å². The number of ether oxygens (including phenoxy) is 2. The zero-order valence-electron chi connectivity index (χ0n) is 19.8. The maximum atomic E-state index is 13.2. The van der Waals surface area contributed by atoms with Crippen LogP contribution in [0, 0.1) is 10.1 Å². The highest BCUT2D eigenvalue weighted by Gasteiger charge is 2.38. The molecule has 1 unspecified atom stereocenters. The normalized spacial score (nSPS) is 16.8. The van der Waals surface area contributed by atoms with Crippen LogP contribution in [-0.2, 0) is 37.5 Å². The van der Waals surface area contributed by atoms with Crippen molar-refractivity contribution in [2.75, 3.05) is 33.4 Å². The fourth-order valence-electron chi connectivity index (χ4n) is 3.52. The number of hydrogen-bond donors (Lipinski definition) is 2. The number of carbonyl (C=O) groups excluding carboxylic acids is 1. The standard InChI is InChI=1S/C21H28N4O8S3/c1-3-22-18-12-24(9-4-10-31-2)36(29,30)20-17(18)11-19(34-20)35-23-21(26)32-13-15-5-7-16(8-6-15)14-33-25(27)28/h5-8,11,18,22H,3-4,9-10,12-14H2,1-2H3,(H,23,26). The van der Waals surface area contributed by atoms with E-state index in [9.17, 15) is 23.3 Å². The number of sulfonamides is 1. The second-order valence-corrected chi connectivity index (χ2v) is 12.0.